The van der Waals surface area contributed by atoms with Crippen LogP contribution < -0.4 is 0 Å². The number of nitrogens with zero attached hydrogens (tertiary/aromatic N) is 2. The first-order valence-electron chi connectivity index (χ1n) is 6.27. The zero-order valence-corrected chi connectivity index (χ0v) is 10.8. The monoisotopic (exact) mass is 290 g/mol. The van der Waals surface area contributed by atoms with Crippen LogP contribution in [0, 0.1) is 11.9 Å². The summed E-state index contributed by atoms with van der Waals surface area (Å²) >= 11 is 0. The topological polar surface area (TPSA) is 33.2 Å². The average molecular weight is 290 g/mol. The van der Waals surface area contributed by atoms with E-state index in [0.29, 0.717) is 0 Å². The summed E-state index contributed by atoms with van der Waals surface area (Å²) in [5.74, 6) is -1.61. The molecule has 0 bridgehead atoms. The molecule has 1 aromatic heterocycles. The third kappa shape index (κ3) is 3.68. The van der Waals surface area contributed by atoms with Gasteiger partial charge in [0, 0.05) is 23.9 Å². The van der Waals surface area contributed by atoms with Crippen molar-refractivity contribution in [3.8, 4) is 0 Å². The second-order valence-corrected chi connectivity index (χ2v) is 4.99. The Morgan fingerprint density at radius 1 is 1.50 bits per heavy atom. The van der Waals surface area contributed by atoms with E-state index in [1.165, 1.54) is 6.07 Å². The van der Waals surface area contributed by atoms with Gasteiger partial charge in [0.05, 0.1) is 0 Å². The van der Waals surface area contributed by atoms with Crippen LogP contribution in [-0.2, 0) is 0 Å². The first-order valence-corrected chi connectivity index (χ1v) is 6.27. The van der Waals surface area contributed by atoms with E-state index < -0.39 is 30.6 Å². The molecule has 1 unspecified atom stereocenters. The predicted octanol–water partition coefficient (Wildman–Crippen LogP) is 3.02. The zero-order valence-electron chi connectivity index (χ0n) is 10.8. The average Bonchev–Trinajstić information content (AvgIpc) is 3.17. The Morgan fingerprint density at radius 2 is 2.15 bits per heavy atom. The molecule has 3 nitrogen and oxygen atoms in total. The molecule has 1 saturated carbocycles. The summed E-state index contributed by atoms with van der Waals surface area (Å²) in [7, 11) is 0. The predicted molar refractivity (Wildman–Crippen MR) is 63.5 cm³/mol. The van der Waals surface area contributed by atoms with Crippen LogP contribution in [0.4, 0.5) is 17.6 Å². The summed E-state index contributed by atoms with van der Waals surface area (Å²) in [4.78, 5) is 16.2. The summed E-state index contributed by atoms with van der Waals surface area (Å²) in [5, 5.41) is 0. The number of pyridine rings is 1. The van der Waals surface area contributed by atoms with E-state index in [4.69, 9.17) is 0 Å². The standard InChI is InChI=1S/C13H14F4N2O/c1-8(9-2-3-9)19(7-13(15,16)17)12(20)10-4-5-18-11(14)6-10/h4-6,8-9H,2-3,7H2,1H3. The third-order valence-corrected chi connectivity index (χ3v) is 3.38. The molecule has 0 radical (unpaired) electrons. The molecule has 20 heavy (non-hydrogen) atoms. The summed E-state index contributed by atoms with van der Waals surface area (Å²) in [6.45, 7) is 0.270. The van der Waals surface area contributed by atoms with Gasteiger partial charge in [0.25, 0.3) is 5.91 Å². The molecule has 1 aliphatic carbocycles. The van der Waals surface area contributed by atoms with Crippen molar-refractivity contribution < 1.29 is 22.4 Å². The fourth-order valence-corrected chi connectivity index (χ4v) is 2.13. The molecule has 1 fully saturated rings. The van der Waals surface area contributed by atoms with E-state index in [2.05, 4.69) is 4.98 Å². The first-order chi connectivity index (χ1) is 9.28. The van der Waals surface area contributed by atoms with Crippen molar-refractivity contribution in [2.24, 2.45) is 5.92 Å². The highest BCUT2D eigenvalue weighted by atomic mass is 19.4. The van der Waals surface area contributed by atoms with E-state index in [-0.39, 0.29) is 11.5 Å². The number of aromatic nitrogens is 1. The Bertz CT molecular complexity index is 499. The number of alkyl halides is 3. The molecule has 2 rings (SSSR count). The van der Waals surface area contributed by atoms with Gasteiger partial charge in [-0.05, 0) is 31.7 Å². The minimum absolute atomic E-state index is 0.0907. The number of rotatable bonds is 4. The van der Waals surface area contributed by atoms with Crippen molar-refractivity contribution in [1.29, 1.82) is 0 Å². The van der Waals surface area contributed by atoms with E-state index in [1.54, 1.807) is 6.92 Å². The number of halogens is 4. The Balaban J connectivity index is 2.23. The van der Waals surface area contributed by atoms with Crippen molar-refractivity contribution in [1.82, 2.24) is 9.88 Å². The Labute approximate surface area is 113 Å². The maximum atomic E-state index is 13.0. The smallest absolute Gasteiger partial charge is 0.327 e. The van der Waals surface area contributed by atoms with Gasteiger partial charge in [-0.3, -0.25) is 4.79 Å². The molecule has 1 heterocycles. The molecule has 0 saturated heterocycles. The third-order valence-electron chi connectivity index (χ3n) is 3.38. The van der Waals surface area contributed by atoms with Crippen molar-refractivity contribution in [3.05, 3.63) is 29.8 Å². The molecule has 1 atom stereocenters. The molecule has 0 N–H and O–H groups in total. The van der Waals surface area contributed by atoms with Crippen LogP contribution in [-0.4, -0.2) is 34.6 Å². The van der Waals surface area contributed by atoms with Gasteiger partial charge < -0.3 is 4.90 Å². The Morgan fingerprint density at radius 3 is 2.65 bits per heavy atom. The molecular weight excluding hydrogens is 276 g/mol. The number of hydrogen-bond acceptors (Lipinski definition) is 2. The van der Waals surface area contributed by atoms with Crippen LogP contribution in [0.15, 0.2) is 18.3 Å². The summed E-state index contributed by atoms with van der Waals surface area (Å²) in [6, 6.07) is 1.56. The second-order valence-electron chi connectivity index (χ2n) is 4.99. The molecular formula is C13H14F4N2O. The highest BCUT2D eigenvalue weighted by molar-refractivity contribution is 5.94. The Kier molecular flexibility index (Phi) is 3.96. The zero-order chi connectivity index (χ0) is 14.9. The lowest BCUT2D eigenvalue weighted by Crippen LogP contribution is -2.45. The lowest BCUT2D eigenvalue weighted by atomic mass is 10.1. The number of hydrogen-bond donors (Lipinski definition) is 0. The molecule has 110 valence electrons. The minimum atomic E-state index is -4.48. The normalized spacial score (nSPS) is 16.9. The number of carbonyl (C=O) groups excluding carboxylic acids is 1. The number of amides is 1. The van der Waals surface area contributed by atoms with E-state index >= 15 is 0 Å². The first kappa shape index (κ1) is 14.7. The maximum absolute atomic E-state index is 13.0. The Hall–Kier alpha value is -1.66. The van der Waals surface area contributed by atoms with Crippen molar-refractivity contribution in [2.45, 2.75) is 32.0 Å². The van der Waals surface area contributed by atoms with Gasteiger partial charge in [-0.25, -0.2) is 4.98 Å². The van der Waals surface area contributed by atoms with Crippen LogP contribution in [0.2, 0.25) is 0 Å². The van der Waals surface area contributed by atoms with Gasteiger partial charge in [0.15, 0.2) is 0 Å². The van der Waals surface area contributed by atoms with Crippen LogP contribution in [0.3, 0.4) is 0 Å². The molecule has 1 aromatic rings. The van der Waals surface area contributed by atoms with Crippen molar-refractivity contribution >= 4 is 5.91 Å². The SMILES string of the molecule is CC(C1CC1)N(CC(F)(F)F)C(=O)c1ccnc(F)c1. The highest BCUT2D eigenvalue weighted by Crippen LogP contribution is 2.36. The van der Waals surface area contributed by atoms with Crippen molar-refractivity contribution in [2.75, 3.05) is 6.54 Å². The van der Waals surface area contributed by atoms with E-state index in [9.17, 15) is 22.4 Å². The fraction of sp³-hybridized carbons (Fsp3) is 0.538. The molecule has 1 aliphatic rings. The molecule has 1 amide bonds. The summed E-state index contributed by atoms with van der Waals surface area (Å²) in [5.41, 5.74) is -0.116. The quantitative estimate of drug-likeness (QED) is 0.631. The van der Waals surface area contributed by atoms with Crippen LogP contribution >= 0.6 is 0 Å². The van der Waals surface area contributed by atoms with Gasteiger partial charge in [-0.1, -0.05) is 0 Å². The summed E-state index contributed by atoms with van der Waals surface area (Å²) < 4.78 is 50.9. The second kappa shape index (κ2) is 5.38. The molecule has 0 aliphatic heterocycles. The van der Waals surface area contributed by atoms with Gasteiger partial charge >= 0.3 is 6.18 Å². The van der Waals surface area contributed by atoms with Gasteiger partial charge in [0.1, 0.15) is 6.54 Å². The van der Waals surface area contributed by atoms with Gasteiger partial charge in [0.2, 0.25) is 5.95 Å². The van der Waals surface area contributed by atoms with Gasteiger partial charge in [-0.15, -0.1) is 0 Å². The van der Waals surface area contributed by atoms with Gasteiger partial charge in [-0.2, -0.15) is 17.6 Å². The highest BCUT2D eigenvalue weighted by Gasteiger charge is 2.40. The van der Waals surface area contributed by atoms with Crippen LogP contribution in [0.5, 0.6) is 0 Å². The summed E-state index contributed by atoms with van der Waals surface area (Å²) in [6.07, 6.45) is -1.79. The van der Waals surface area contributed by atoms with Crippen LogP contribution in [0.25, 0.3) is 0 Å². The maximum Gasteiger partial charge on any atom is 0.406 e. The largest absolute Gasteiger partial charge is 0.406 e. The molecule has 0 spiro atoms. The fourth-order valence-electron chi connectivity index (χ4n) is 2.13. The van der Waals surface area contributed by atoms with Crippen molar-refractivity contribution in [3.63, 3.8) is 0 Å². The molecule has 0 aromatic carbocycles. The van der Waals surface area contributed by atoms with Crippen LogP contribution in [0.1, 0.15) is 30.1 Å². The molecule has 7 heteroatoms. The van der Waals surface area contributed by atoms with E-state index in [1.807, 2.05) is 0 Å². The van der Waals surface area contributed by atoms with E-state index in [0.717, 1.165) is 30.0 Å². The lowest BCUT2D eigenvalue weighted by molar-refractivity contribution is -0.144. The lowest BCUT2D eigenvalue weighted by Gasteiger charge is -2.30. The minimum Gasteiger partial charge on any atom is -0.327 e. The number of carbonyl (C=O) groups is 1.